The first-order chi connectivity index (χ1) is 21.2. The smallest absolute Gasteiger partial charge is 0.0792 e. The summed E-state index contributed by atoms with van der Waals surface area (Å²) in [6.07, 6.45) is 8.37. The van der Waals surface area contributed by atoms with Gasteiger partial charge in [0.15, 0.2) is 0 Å². The van der Waals surface area contributed by atoms with Crippen LogP contribution in [0.4, 0.5) is 5.69 Å². The Hall–Kier alpha value is -5.94. The van der Waals surface area contributed by atoms with Crippen molar-refractivity contribution in [3.8, 4) is 33.4 Å². The van der Waals surface area contributed by atoms with E-state index in [9.17, 15) is 0 Å². The molecule has 6 aromatic rings. The zero-order valence-electron chi connectivity index (χ0n) is 23.3. The molecule has 5 heterocycles. The van der Waals surface area contributed by atoms with Gasteiger partial charge in [0.05, 0.1) is 39.5 Å². The lowest BCUT2D eigenvalue weighted by Gasteiger charge is -2.06. The van der Waals surface area contributed by atoms with Crippen molar-refractivity contribution in [3.63, 3.8) is 0 Å². The Morgan fingerprint density at radius 3 is 1.09 bits per heavy atom. The Kier molecular flexibility index (Phi) is 5.86. The maximum atomic E-state index is 6.77. The van der Waals surface area contributed by atoms with E-state index in [-0.39, 0.29) is 0 Å². The van der Waals surface area contributed by atoms with E-state index >= 15 is 0 Å². The third kappa shape index (κ3) is 4.35. The van der Waals surface area contributed by atoms with E-state index in [1.54, 1.807) is 0 Å². The van der Waals surface area contributed by atoms with Crippen molar-refractivity contribution in [2.24, 2.45) is 0 Å². The summed E-state index contributed by atoms with van der Waals surface area (Å²) in [5.41, 5.74) is 20.7. The number of anilines is 1. The molecule has 0 unspecified atom stereocenters. The number of H-pyrrole nitrogens is 2. The van der Waals surface area contributed by atoms with Gasteiger partial charge in [0.1, 0.15) is 0 Å². The first-order valence-corrected chi connectivity index (χ1v) is 14.3. The van der Waals surface area contributed by atoms with Gasteiger partial charge in [-0.25, -0.2) is 9.97 Å². The molecule has 0 radical (unpaired) electrons. The fourth-order valence-electron chi connectivity index (χ4n) is 5.95. The van der Waals surface area contributed by atoms with Crippen molar-refractivity contribution in [2.45, 2.75) is 0 Å². The summed E-state index contributed by atoms with van der Waals surface area (Å²) in [5, 5.41) is 0. The number of hydrogen-bond donors (Lipinski definition) is 3. The number of aromatic nitrogens is 4. The third-order valence-corrected chi connectivity index (χ3v) is 7.98. The van der Waals surface area contributed by atoms with E-state index < -0.39 is 0 Å². The van der Waals surface area contributed by atoms with Gasteiger partial charge in [-0.3, -0.25) is 0 Å². The van der Waals surface area contributed by atoms with Crippen molar-refractivity contribution in [1.29, 1.82) is 0 Å². The molecule has 0 spiro atoms. The minimum atomic E-state index is 0.636. The molecule has 0 saturated carbocycles. The van der Waals surface area contributed by atoms with Gasteiger partial charge in [-0.05, 0) is 65.3 Å². The molecule has 8 bridgehead atoms. The number of nitrogens with two attached hydrogens (primary N) is 1. The molecule has 2 aliphatic heterocycles. The van der Waals surface area contributed by atoms with E-state index in [1.807, 2.05) is 54.6 Å². The lowest BCUT2D eigenvalue weighted by atomic mass is 10.0. The Morgan fingerprint density at radius 1 is 0.372 bits per heavy atom. The van der Waals surface area contributed by atoms with Gasteiger partial charge < -0.3 is 15.7 Å². The van der Waals surface area contributed by atoms with Gasteiger partial charge in [0, 0.05) is 27.7 Å². The summed E-state index contributed by atoms with van der Waals surface area (Å²) >= 11 is 0. The van der Waals surface area contributed by atoms with E-state index in [2.05, 4.69) is 94.9 Å². The molecule has 0 amide bonds. The average Bonchev–Trinajstić information content (AvgIpc) is 3.88. The summed E-state index contributed by atoms with van der Waals surface area (Å²) in [7, 11) is 0. The Labute approximate surface area is 248 Å². The second-order valence-corrected chi connectivity index (χ2v) is 10.6. The van der Waals surface area contributed by atoms with Crippen LogP contribution in [0.2, 0.25) is 0 Å². The van der Waals surface area contributed by atoms with Crippen LogP contribution in [0.5, 0.6) is 0 Å². The molecule has 43 heavy (non-hydrogen) atoms. The highest BCUT2D eigenvalue weighted by molar-refractivity contribution is 5.98. The van der Waals surface area contributed by atoms with Gasteiger partial charge >= 0.3 is 0 Å². The van der Waals surface area contributed by atoms with Gasteiger partial charge in [0.2, 0.25) is 0 Å². The minimum absolute atomic E-state index is 0.636. The first-order valence-electron chi connectivity index (χ1n) is 14.3. The summed E-state index contributed by atoms with van der Waals surface area (Å²) in [4.78, 5) is 17.7. The Balaban J connectivity index is 1.56. The largest absolute Gasteiger partial charge is 0.395 e. The molecule has 4 N–H and O–H groups in total. The van der Waals surface area contributed by atoms with E-state index in [4.69, 9.17) is 15.7 Å². The topological polar surface area (TPSA) is 83.4 Å². The molecule has 3 aromatic carbocycles. The van der Waals surface area contributed by atoms with Crippen LogP contribution >= 0.6 is 0 Å². The molecule has 204 valence electrons. The lowest BCUT2D eigenvalue weighted by Crippen LogP contribution is -1.91. The quantitative estimate of drug-likeness (QED) is 0.204. The molecule has 5 nitrogen and oxygen atoms in total. The first kappa shape index (κ1) is 24.8. The van der Waals surface area contributed by atoms with Crippen LogP contribution in [0.1, 0.15) is 22.8 Å². The van der Waals surface area contributed by atoms with Crippen LogP contribution in [0.25, 0.3) is 79.8 Å². The second-order valence-electron chi connectivity index (χ2n) is 10.6. The molecule has 3 aromatic heterocycles. The van der Waals surface area contributed by atoms with Crippen LogP contribution in [-0.4, -0.2) is 19.9 Å². The summed E-state index contributed by atoms with van der Waals surface area (Å²) in [6.45, 7) is 0. The number of hydrogen-bond acceptors (Lipinski definition) is 3. The highest BCUT2D eigenvalue weighted by Crippen LogP contribution is 2.37. The number of aromatic amines is 2. The van der Waals surface area contributed by atoms with Crippen LogP contribution < -0.4 is 5.73 Å². The van der Waals surface area contributed by atoms with Crippen LogP contribution in [-0.2, 0) is 0 Å². The van der Waals surface area contributed by atoms with E-state index in [0.29, 0.717) is 5.69 Å². The summed E-state index contributed by atoms with van der Waals surface area (Å²) in [5.74, 6) is 0. The maximum Gasteiger partial charge on any atom is 0.0792 e. The van der Waals surface area contributed by atoms with Crippen molar-refractivity contribution >= 4 is 52.1 Å². The number of fused-ring (bicyclic) bond motifs is 8. The number of benzene rings is 3. The number of nitrogens with one attached hydrogen (secondary N) is 2. The van der Waals surface area contributed by atoms with Crippen molar-refractivity contribution in [2.75, 3.05) is 5.73 Å². The zero-order chi connectivity index (χ0) is 28.8. The molecule has 8 rings (SSSR count). The van der Waals surface area contributed by atoms with Gasteiger partial charge in [-0.2, -0.15) is 0 Å². The minimum Gasteiger partial charge on any atom is -0.395 e. The fourth-order valence-corrected chi connectivity index (χ4v) is 5.95. The SMILES string of the molecule is Nc1c2ccc([nH]2)c(-c2ccccc2)c2nc(c(-c3ccccc3)c3nc(c(-c4ccccc4)c4ccc1[nH]4)C=C3)C=C2. The molecule has 0 saturated heterocycles. The number of rotatable bonds is 3. The number of nitrogens with zero attached hydrogens (tertiary/aromatic N) is 2. The highest BCUT2D eigenvalue weighted by Gasteiger charge is 2.18. The Bertz CT molecular complexity index is 2080. The van der Waals surface area contributed by atoms with Gasteiger partial charge in [-0.15, -0.1) is 0 Å². The normalized spacial score (nSPS) is 12.1. The lowest BCUT2D eigenvalue weighted by molar-refractivity contribution is 1.28. The molecular weight excluding hydrogens is 526 g/mol. The van der Waals surface area contributed by atoms with E-state index in [1.165, 1.54) is 0 Å². The second kappa shape index (κ2) is 10.2. The van der Waals surface area contributed by atoms with Crippen molar-refractivity contribution in [1.82, 2.24) is 19.9 Å². The molecule has 2 aliphatic rings. The molecular formula is C38H27N5. The number of nitrogen functional groups attached to an aromatic ring is 1. The van der Waals surface area contributed by atoms with Crippen molar-refractivity contribution in [3.05, 3.63) is 138 Å². The summed E-state index contributed by atoms with van der Waals surface area (Å²) < 4.78 is 0. The van der Waals surface area contributed by atoms with Crippen molar-refractivity contribution < 1.29 is 0 Å². The third-order valence-electron chi connectivity index (χ3n) is 7.98. The predicted octanol–water partition coefficient (Wildman–Crippen LogP) is 9.24. The fraction of sp³-hybridized carbons (Fsp3) is 0. The van der Waals surface area contributed by atoms with Crippen LogP contribution in [0.15, 0.2) is 115 Å². The molecule has 0 atom stereocenters. The van der Waals surface area contributed by atoms with Gasteiger partial charge in [-0.1, -0.05) is 91.0 Å². The monoisotopic (exact) mass is 553 g/mol. The van der Waals surface area contributed by atoms with Crippen LogP contribution in [0.3, 0.4) is 0 Å². The molecule has 0 aliphatic carbocycles. The standard InChI is InChI=1S/C38H27N5/c39-38-33-22-20-31(42-33)36(25-12-6-2-7-13-25)29-18-16-27(40-29)35(24-10-4-1-5-11-24)28-17-19-30(41-28)37(26-14-8-3-9-15-26)32-21-23-34(38)43-32/h1-23,42-43H,39H2. The molecule has 5 heteroatoms. The van der Waals surface area contributed by atoms with E-state index in [0.717, 1.165) is 78.2 Å². The Morgan fingerprint density at radius 2 is 0.698 bits per heavy atom. The maximum absolute atomic E-state index is 6.77. The predicted molar refractivity (Wildman–Crippen MR) is 180 cm³/mol. The van der Waals surface area contributed by atoms with Crippen LogP contribution in [0, 0.1) is 0 Å². The summed E-state index contributed by atoms with van der Waals surface area (Å²) in [6, 6.07) is 39.3. The average molecular weight is 554 g/mol. The zero-order valence-corrected chi connectivity index (χ0v) is 23.3. The molecule has 0 fully saturated rings. The van der Waals surface area contributed by atoms with Gasteiger partial charge in [0.25, 0.3) is 0 Å². The highest BCUT2D eigenvalue weighted by atomic mass is 14.8.